The topological polar surface area (TPSA) is 171 Å². The molecular weight excluding hydrogens is 589 g/mol. The molecule has 5 heterocycles. The van der Waals surface area contributed by atoms with Crippen molar-refractivity contribution in [2.45, 2.75) is 54.1 Å². The smallest absolute Gasteiger partial charge is 0.430 e. The Hall–Kier alpha value is -3.53. The fraction of sp³-hybridized carbons (Fsp3) is 0.440. The zero-order chi connectivity index (χ0) is 29.6. The molecule has 1 saturated heterocycles. The second kappa shape index (κ2) is 9.24. The average Bonchev–Trinajstić information content (AvgIpc) is 3.43. The molecule has 1 fully saturated rings. The number of aromatic hydroxyl groups is 1. The minimum atomic E-state index is -5.19. The number of carbonyl (C=O) groups excluding carboxylic acids is 3. The lowest BCUT2D eigenvalue weighted by Crippen LogP contribution is -2.69. The first-order chi connectivity index (χ1) is 19.3. The number of rotatable bonds is 5. The molecule has 0 radical (unpaired) electrons. The van der Waals surface area contributed by atoms with Gasteiger partial charge in [0, 0.05) is 30.2 Å². The van der Waals surface area contributed by atoms with Crippen LogP contribution in [0.2, 0.25) is 0 Å². The van der Waals surface area contributed by atoms with Crippen molar-refractivity contribution < 1.29 is 47.7 Å². The van der Waals surface area contributed by atoms with Gasteiger partial charge in [-0.2, -0.15) is 13.2 Å². The molecule has 5 atom stereocenters. The number of hydrogen-bond acceptors (Lipinski definition) is 10. The third kappa shape index (κ3) is 3.97. The fourth-order valence-corrected chi connectivity index (χ4v) is 9.88. The van der Waals surface area contributed by atoms with Crippen molar-refractivity contribution in [3.05, 3.63) is 27.1 Å². The zero-order valence-electron chi connectivity index (χ0n) is 21.1. The molecule has 41 heavy (non-hydrogen) atoms. The van der Waals surface area contributed by atoms with Crippen molar-refractivity contribution in [1.82, 2.24) is 9.89 Å². The molecule has 0 aromatic heterocycles. The SMILES string of the molecule is CC(=O)N[C@@H](CS[C@H]1[C@H]2C(=O)C=C3S[C@H]4C[C@]31c1c(c(O)c3c5c1=[N+]2CCC=5C=N3)N4)C(=O)O.O=C([O-])C(F)(F)F. The number of hydrogen-bond donors (Lipinski definition) is 4. The van der Waals surface area contributed by atoms with Crippen molar-refractivity contribution in [3.63, 3.8) is 0 Å². The molecule has 6 aliphatic rings. The number of amides is 1. The lowest BCUT2D eigenvalue weighted by atomic mass is 9.64. The molecule has 216 valence electrons. The van der Waals surface area contributed by atoms with E-state index in [-0.39, 0.29) is 27.9 Å². The number of nitrogens with zero attached hydrogens (tertiary/aromatic N) is 2. The van der Waals surface area contributed by atoms with E-state index < -0.39 is 41.5 Å². The maximum Gasteiger partial charge on any atom is 0.430 e. The molecule has 1 aliphatic carbocycles. The van der Waals surface area contributed by atoms with Crippen LogP contribution in [0.15, 0.2) is 16.0 Å². The standard InChI is InChI=1S/C23H20N4O5S2.C2HF3O2/c1-8(28)25-10(22(31)32)7-33-21-18-11(29)4-12-23(21)5-13(34-12)26-17-15(23)19-14-9(2-3-27(18)19)6-24-16(14)20(17)30;3-2(4,5)1(6)7/h4,6,10,13,18,21H,2-3,5,7H2,1H3,(H3,24,25,26,28,30,31,32);(H,6,7)/t10-,13-,18+,21-,23+;/m0./s1. The van der Waals surface area contributed by atoms with Gasteiger partial charge in [0.25, 0.3) is 0 Å². The Morgan fingerprint density at radius 3 is 2.73 bits per heavy atom. The number of allylic oxidation sites excluding steroid dienone is 1. The Bertz CT molecular complexity index is 1660. The number of nitrogens with one attached hydrogen (secondary N) is 2. The van der Waals surface area contributed by atoms with E-state index in [2.05, 4.69) is 20.2 Å². The van der Waals surface area contributed by atoms with Gasteiger partial charge in [0.1, 0.15) is 24.2 Å². The van der Waals surface area contributed by atoms with Crippen LogP contribution in [-0.2, 0) is 24.6 Å². The highest BCUT2D eigenvalue weighted by atomic mass is 32.2. The van der Waals surface area contributed by atoms with Crippen molar-refractivity contribution in [2.24, 2.45) is 4.99 Å². The quantitative estimate of drug-likeness (QED) is 0.242. The molecule has 0 saturated carbocycles. The molecule has 7 rings (SSSR count). The lowest BCUT2D eigenvalue weighted by molar-refractivity contribution is -0.344. The van der Waals surface area contributed by atoms with Gasteiger partial charge in [0.05, 0.1) is 32.5 Å². The molecule has 5 aliphatic heterocycles. The molecule has 1 amide bonds. The van der Waals surface area contributed by atoms with Crippen LogP contribution < -0.4 is 30.9 Å². The van der Waals surface area contributed by atoms with Gasteiger partial charge in [-0.1, -0.05) is 0 Å². The molecule has 4 N–H and O–H groups in total. The number of benzene rings is 1. The summed E-state index contributed by atoms with van der Waals surface area (Å²) >= 11 is 3.07. The highest BCUT2D eigenvalue weighted by molar-refractivity contribution is 8.04. The number of carbonyl (C=O) groups is 4. The Morgan fingerprint density at radius 2 is 2.10 bits per heavy atom. The molecule has 3 bridgehead atoms. The molecule has 16 heteroatoms. The minimum absolute atomic E-state index is 0.000798. The van der Waals surface area contributed by atoms with Gasteiger partial charge >= 0.3 is 12.1 Å². The van der Waals surface area contributed by atoms with Gasteiger partial charge in [0.15, 0.2) is 5.75 Å². The number of phenolic OH excluding ortho intramolecular Hbond substituents is 1. The highest BCUT2D eigenvalue weighted by Crippen LogP contribution is 2.64. The minimum Gasteiger partial charge on any atom is -0.542 e. The van der Waals surface area contributed by atoms with Gasteiger partial charge in [0.2, 0.25) is 23.1 Å². The van der Waals surface area contributed by atoms with Crippen LogP contribution in [0.25, 0.3) is 5.57 Å². The van der Waals surface area contributed by atoms with E-state index >= 15 is 0 Å². The van der Waals surface area contributed by atoms with Crippen molar-refractivity contribution in [3.8, 4) is 5.75 Å². The predicted octanol–water partition coefficient (Wildman–Crippen LogP) is -0.882. The van der Waals surface area contributed by atoms with Crippen LogP contribution in [0.4, 0.5) is 24.5 Å². The van der Waals surface area contributed by atoms with Crippen molar-refractivity contribution in [2.75, 3.05) is 17.6 Å². The van der Waals surface area contributed by atoms with E-state index in [0.29, 0.717) is 17.9 Å². The summed E-state index contributed by atoms with van der Waals surface area (Å²) in [5.41, 5.74) is 2.85. The van der Waals surface area contributed by atoms with Crippen LogP contribution in [-0.4, -0.2) is 81.2 Å². The van der Waals surface area contributed by atoms with Gasteiger partial charge in [-0.15, -0.1) is 23.5 Å². The number of ketones is 1. The third-order valence-electron chi connectivity index (χ3n) is 7.99. The van der Waals surface area contributed by atoms with E-state index in [1.165, 1.54) is 18.7 Å². The number of fused-ring (bicyclic) bond motifs is 3. The normalized spacial score (nSPS) is 27.9. The average molecular weight is 611 g/mol. The van der Waals surface area contributed by atoms with E-state index in [4.69, 9.17) is 9.90 Å². The monoisotopic (exact) mass is 610 g/mol. The van der Waals surface area contributed by atoms with E-state index in [9.17, 15) is 37.8 Å². The number of phenols is 1. The fourth-order valence-electron chi connectivity index (χ4n) is 6.56. The summed E-state index contributed by atoms with van der Waals surface area (Å²) in [4.78, 5) is 51.3. The number of halogens is 3. The lowest BCUT2D eigenvalue weighted by Gasteiger charge is -2.47. The molecular formula is C25H21F3N4O7S2. The molecule has 11 nitrogen and oxygen atoms in total. The van der Waals surface area contributed by atoms with E-state index in [1.54, 1.807) is 17.8 Å². The van der Waals surface area contributed by atoms with E-state index in [0.717, 1.165) is 39.5 Å². The number of thioether (sulfide) groups is 2. The molecule has 1 aromatic rings. The predicted molar refractivity (Wildman–Crippen MR) is 140 cm³/mol. The Morgan fingerprint density at radius 1 is 1.39 bits per heavy atom. The van der Waals surface area contributed by atoms with Crippen molar-refractivity contribution in [1.29, 1.82) is 0 Å². The summed E-state index contributed by atoms with van der Waals surface area (Å²) in [6.45, 7) is 1.96. The van der Waals surface area contributed by atoms with Gasteiger partial charge in [-0.3, -0.25) is 14.6 Å². The zero-order valence-corrected chi connectivity index (χ0v) is 22.7. The summed E-state index contributed by atoms with van der Waals surface area (Å²) in [6, 6.07) is -1.48. The number of aliphatic carboxylic acids is 2. The second-order valence-electron chi connectivity index (χ2n) is 10.3. The summed E-state index contributed by atoms with van der Waals surface area (Å²) in [5.74, 6) is -4.18. The number of carboxylic acid groups (broad SMARTS) is 2. The first kappa shape index (κ1) is 27.6. The highest BCUT2D eigenvalue weighted by Gasteiger charge is 2.67. The van der Waals surface area contributed by atoms with Crippen molar-refractivity contribution >= 4 is 70.3 Å². The Balaban J connectivity index is 0.000000387. The molecule has 1 spiro atoms. The van der Waals surface area contributed by atoms with Crippen LogP contribution >= 0.6 is 23.5 Å². The van der Waals surface area contributed by atoms with Crippen LogP contribution in [0, 0.1) is 0 Å². The summed E-state index contributed by atoms with van der Waals surface area (Å²) in [6.07, 6.45) is -0.116. The van der Waals surface area contributed by atoms with Gasteiger partial charge < -0.3 is 30.7 Å². The van der Waals surface area contributed by atoms with Crippen LogP contribution in [0.1, 0.15) is 25.3 Å². The summed E-state index contributed by atoms with van der Waals surface area (Å²) in [5, 5.41) is 37.4. The number of aliphatic imine (C=N–C) groups is 1. The number of carboxylic acids is 2. The molecule has 1 aromatic carbocycles. The second-order valence-corrected chi connectivity index (χ2v) is 12.7. The summed E-state index contributed by atoms with van der Waals surface area (Å²) in [7, 11) is 0. The Kier molecular flexibility index (Phi) is 6.23. The first-order valence-corrected chi connectivity index (χ1v) is 14.4. The number of anilines is 1. The third-order valence-corrected chi connectivity index (χ3v) is 10.8. The maximum absolute atomic E-state index is 13.6. The largest absolute Gasteiger partial charge is 0.542 e. The molecule has 0 unspecified atom stereocenters. The van der Waals surface area contributed by atoms with Crippen LogP contribution in [0.3, 0.4) is 0 Å². The van der Waals surface area contributed by atoms with Gasteiger partial charge in [-0.25, -0.2) is 9.37 Å². The maximum atomic E-state index is 13.6. The Labute approximate surface area is 237 Å². The summed E-state index contributed by atoms with van der Waals surface area (Å²) < 4.78 is 33.7. The first-order valence-electron chi connectivity index (χ1n) is 12.4. The van der Waals surface area contributed by atoms with Gasteiger partial charge in [-0.05, 0) is 18.1 Å². The van der Waals surface area contributed by atoms with Crippen LogP contribution in [0.5, 0.6) is 5.75 Å². The van der Waals surface area contributed by atoms with E-state index in [1.807, 2.05) is 6.21 Å². The number of alkyl halides is 3.